The molecule has 1 aromatic rings. The van der Waals surface area contributed by atoms with E-state index in [0.717, 1.165) is 18.4 Å². The first-order chi connectivity index (χ1) is 11.3. The molecule has 0 saturated heterocycles. The summed E-state index contributed by atoms with van der Waals surface area (Å²) in [5.41, 5.74) is 0.595. The van der Waals surface area contributed by atoms with Crippen LogP contribution in [0.4, 0.5) is 4.79 Å². The number of rotatable bonds is 8. The van der Waals surface area contributed by atoms with Crippen molar-refractivity contribution in [2.24, 2.45) is 0 Å². The molecule has 1 rings (SSSR count). The van der Waals surface area contributed by atoms with E-state index in [-0.39, 0.29) is 18.6 Å². The van der Waals surface area contributed by atoms with Crippen molar-refractivity contribution < 1.29 is 19.1 Å². The monoisotopic (exact) mass is 336 g/mol. The molecule has 0 aliphatic heterocycles. The molecule has 134 valence electrons. The zero-order chi connectivity index (χ0) is 18.0. The van der Waals surface area contributed by atoms with E-state index in [2.05, 4.69) is 15.4 Å². The lowest BCUT2D eigenvalue weighted by atomic mass is 10.0. The first kappa shape index (κ1) is 20.0. The van der Waals surface area contributed by atoms with Gasteiger partial charge in [-0.3, -0.25) is 4.79 Å². The fourth-order valence-electron chi connectivity index (χ4n) is 2.16. The van der Waals surface area contributed by atoms with Crippen LogP contribution in [0.1, 0.15) is 45.2 Å². The maximum atomic E-state index is 11.6. The van der Waals surface area contributed by atoms with Crippen LogP contribution in [0.3, 0.4) is 0 Å². The Hall–Kier alpha value is -2.08. The van der Waals surface area contributed by atoms with Gasteiger partial charge in [-0.25, -0.2) is 4.79 Å². The van der Waals surface area contributed by atoms with Gasteiger partial charge in [0.05, 0.1) is 13.7 Å². The molecule has 1 amide bonds. The van der Waals surface area contributed by atoms with E-state index >= 15 is 0 Å². The van der Waals surface area contributed by atoms with Crippen LogP contribution in [0.25, 0.3) is 0 Å². The Balaban J connectivity index is 2.45. The summed E-state index contributed by atoms with van der Waals surface area (Å²) in [7, 11) is 1.37. The molecule has 2 N–H and O–H groups in total. The van der Waals surface area contributed by atoms with Crippen LogP contribution >= 0.6 is 0 Å². The van der Waals surface area contributed by atoms with E-state index in [1.54, 1.807) is 0 Å². The second kappa shape index (κ2) is 9.93. The van der Waals surface area contributed by atoms with Crippen LogP contribution < -0.4 is 10.6 Å². The number of methoxy groups -OCH3 is 1. The van der Waals surface area contributed by atoms with Gasteiger partial charge in [0.2, 0.25) is 0 Å². The Labute approximate surface area is 143 Å². The summed E-state index contributed by atoms with van der Waals surface area (Å²) in [6.45, 7) is 6.14. The molecule has 0 aliphatic carbocycles. The fourth-order valence-corrected chi connectivity index (χ4v) is 2.16. The van der Waals surface area contributed by atoms with E-state index in [9.17, 15) is 9.59 Å². The summed E-state index contributed by atoms with van der Waals surface area (Å²) >= 11 is 0. The predicted octanol–water partition coefficient (Wildman–Crippen LogP) is 2.80. The highest BCUT2D eigenvalue weighted by atomic mass is 16.6. The zero-order valence-corrected chi connectivity index (χ0v) is 14.9. The minimum absolute atomic E-state index is 0.0192. The van der Waals surface area contributed by atoms with Gasteiger partial charge in [-0.1, -0.05) is 30.3 Å². The Morgan fingerprint density at radius 2 is 1.83 bits per heavy atom. The molecule has 1 unspecified atom stereocenters. The van der Waals surface area contributed by atoms with Gasteiger partial charge < -0.3 is 20.1 Å². The molecule has 1 atom stereocenters. The molecular formula is C18H28N2O4. The standard InChI is InChI=1S/C18H28N2O4/c1-18(2,3)24-17(22)19-12-8-11-15(20-13-16(21)23-4)14-9-6-5-7-10-14/h5-7,9-10,15,20H,8,11-13H2,1-4H3,(H,19,22). The topological polar surface area (TPSA) is 76.7 Å². The van der Waals surface area contributed by atoms with Gasteiger partial charge in [0.25, 0.3) is 0 Å². The quantitative estimate of drug-likeness (QED) is 0.564. The molecule has 1 aromatic carbocycles. The highest BCUT2D eigenvalue weighted by Gasteiger charge is 2.16. The van der Waals surface area contributed by atoms with Crippen LogP contribution in [-0.2, 0) is 14.3 Å². The van der Waals surface area contributed by atoms with Gasteiger partial charge in [-0.05, 0) is 39.2 Å². The SMILES string of the molecule is COC(=O)CNC(CCCNC(=O)OC(C)(C)C)c1ccccc1. The van der Waals surface area contributed by atoms with Crippen LogP contribution in [0.2, 0.25) is 0 Å². The molecular weight excluding hydrogens is 308 g/mol. The first-order valence-corrected chi connectivity index (χ1v) is 8.14. The molecule has 0 heterocycles. The Kier molecular flexibility index (Phi) is 8.26. The summed E-state index contributed by atoms with van der Waals surface area (Å²) < 4.78 is 9.86. The lowest BCUT2D eigenvalue weighted by Crippen LogP contribution is -2.33. The Morgan fingerprint density at radius 1 is 1.17 bits per heavy atom. The minimum atomic E-state index is -0.501. The lowest BCUT2D eigenvalue weighted by molar-refractivity contribution is -0.139. The summed E-state index contributed by atoms with van der Waals surface area (Å²) in [4.78, 5) is 23.0. The largest absolute Gasteiger partial charge is 0.468 e. The number of alkyl carbamates (subject to hydrolysis) is 1. The molecule has 6 nitrogen and oxygen atoms in total. The van der Waals surface area contributed by atoms with Crippen LogP contribution in [0.15, 0.2) is 30.3 Å². The summed E-state index contributed by atoms with van der Waals surface area (Å²) in [6.07, 6.45) is 1.12. The normalized spacial score (nSPS) is 12.3. The summed E-state index contributed by atoms with van der Waals surface area (Å²) in [5, 5.41) is 5.94. The summed E-state index contributed by atoms with van der Waals surface area (Å²) in [5.74, 6) is -0.303. The van der Waals surface area contributed by atoms with Gasteiger partial charge in [0.1, 0.15) is 5.60 Å². The van der Waals surface area contributed by atoms with Crippen molar-refractivity contribution in [2.75, 3.05) is 20.2 Å². The average molecular weight is 336 g/mol. The highest BCUT2D eigenvalue weighted by Crippen LogP contribution is 2.17. The van der Waals surface area contributed by atoms with E-state index in [1.807, 2.05) is 51.1 Å². The average Bonchev–Trinajstić information content (AvgIpc) is 2.53. The van der Waals surface area contributed by atoms with Crippen molar-refractivity contribution in [3.63, 3.8) is 0 Å². The second-order valence-corrected chi connectivity index (χ2v) is 6.49. The molecule has 0 saturated carbocycles. The number of hydrogen-bond donors (Lipinski definition) is 2. The van der Waals surface area contributed by atoms with E-state index < -0.39 is 11.7 Å². The van der Waals surface area contributed by atoms with Crippen LogP contribution in [0.5, 0.6) is 0 Å². The molecule has 6 heteroatoms. The van der Waals surface area contributed by atoms with Crippen molar-refractivity contribution in [1.29, 1.82) is 0 Å². The maximum Gasteiger partial charge on any atom is 0.407 e. The number of amides is 1. The minimum Gasteiger partial charge on any atom is -0.468 e. The molecule has 24 heavy (non-hydrogen) atoms. The second-order valence-electron chi connectivity index (χ2n) is 6.49. The number of benzene rings is 1. The zero-order valence-electron chi connectivity index (χ0n) is 14.9. The number of ether oxygens (including phenoxy) is 2. The van der Waals surface area contributed by atoms with Crippen molar-refractivity contribution >= 4 is 12.1 Å². The van der Waals surface area contributed by atoms with Gasteiger partial charge in [0.15, 0.2) is 0 Å². The molecule has 0 aliphatic rings. The third kappa shape index (κ3) is 8.53. The fraction of sp³-hybridized carbons (Fsp3) is 0.556. The van der Waals surface area contributed by atoms with Crippen LogP contribution in [0, 0.1) is 0 Å². The summed E-state index contributed by atoms with van der Waals surface area (Å²) in [6, 6.07) is 9.91. The third-order valence-electron chi connectivity index (χ3n) is 3.26. The first-order valence-electron chi connectivity index (χ1n) is 8.14. The van der Waals surface area contributed by atoms with Crippen molar-refractivity contribution in [3.8, 4) is 0 Å². The number of esters is 1. The number of carbonyl (C=O) groups is 2. The number of carbonyl (C=O) groups excluding carboxylic acids is 2. The molecule has 0 radical (unpaired) electrons. The van der Waals surface area contributed by atoms with E-state index in [4.69, 9.17) is 4.74 Å². The molecule has 0 bridgehead atoms. The lowest BCUT2D eigenvalue weighted by Gasteiger charge is -2.21. The van der Waals surface area contributed by atoms with E-state index in [1.165, 1.54) is 7.11 Å². The Bertz CT molecular complexity index is 512. The maximum absolute atomic E-state index is 11.6. The van der Waals surface area contributed by atoms with Crippen molar-refractivity contribution in [2.45, 2.75) is 45.3 Å². The van der Waals surface area contributed by atoms with Gasteiger partial charge in [0, 0.05) is 12.6 Å². The highest BCUT2D eigenvalue weighted by molar-refractivity contribution is 5.71. The van der Waals surface area contributed by atoms with Crippen molar-refractivity contribution in [1.82, 2.24) is 10.6 Å². The smallest absolute Gasteiger partial charge is 0.407 e. The van der Waals surface area contributed by atoms with Crippen molar-refractivity contribution in [3.05, 3.63) is 35.9 Å². The van der Waals surface area contributed by atoms with E-state index in [0.29, 0.717) is 6.54 Å². The Morgan fingerprint density at radius 3 is 2.42 bits per heavy atom. The number of hydrogen-bond acceptors (Lipinski definition) is 5. The van der Waals surface area contributed by atoms with Crippen LogP contribution in [-0.4, -0.2) is 37.9 Å². The van der Waals surface area contributed by atoms with Gasteiger partial charge >= 0.3 is 12.1 Å². The van der Waals surface area contributed by atoms with Gasteiger partial charge in [-0.15, -0.1) is 0 Å². The molecule has 0 aromatic heterocycles. The predicted molar refractivity (Wildman–Crippen MR) is 92.7 cm³/mol. The number of nitrogens with one attached hydrogen (secondary N) is 2. The molecule has 0 spiro atoms. The molecule has 0 fully saturated rings. The van der Waals surface area contributed by atoms with Gasteiger partial charge in [-0.2, -0.15) is 0 Å². The third-order valence-corrected chi connectivity index (χ3v) is 3.26.